The first kappa shape index (κ1) is 13.1. The molecule has 0 heterocycles. The molecule has 3 heteroatoms. The molecule has 2 N–H and O–H groups in total. The van der Waals surface area contributed by atoms with Crippen LogP contribution >= 0.6 is 0 Å². The van der Waals surface area contributed by atoms with E-state index < -0.39 is 0 Å². The molecule has 0 saturated heterocycles. The van der Waals surface area contributed by atoms with E-state index in [2.05, 4.69) is 13.8 Å². The molecule has 2 nitrogen and oxygen atoms in total. The molecule has 0 fully saturated rings. The Balaban J connectivity index is 2.45. The predicted molar refractivity (Wildman–Crippen MR) is 71.9 cm³/mol. The summed E-state index contributed by atoms with van der Waals surface area (Å²) in [5.74, 6) is 0.455. The van der Waals surface area contributed by atoms with Gasteiger partial charge in [-0.05, 0) is 42.0 Å². The molecule has 1 aliphatic carbocycles. The third-order valence-electron chi connectivity index (χ3n) is 3.38. The van der Waals surface area contributed by atoms with Crippen molar-refractivity contribution in [1.29, 1.82) is 0 Å². The Morgan fingerprint density at radius 2 is 2.11 bits per heavy atom. The first-order valence-corrected chi connectivity index (χ1v) is 6.21. The first-order valence-electron chi connectivity index (χ1n) is 6.21. The molecule has 0 bridgehead atoms. The molecule has 0 aromatic heterocycles. The lowest BCUT2D eigenvalue weighted by Crippen LogP contribution is -2.30. The molecule has 0 aliphatic heterocycles. The molecular weight excluding hydrogens is 229 g/mol. The molecule has 1 aromatic carbocycles. The highest BCUT2D eigenvalue weighted by Gasteiger charge is 2.28. The van der Waals surface area contributed by atoms with Gasteiger partial charge in [-0.2, -0.15) is 0 Å². The Hall–Kier alpha value is -1.35. The highest BCUT2D eigenvalue weighted by atomic mass is 19.1. The van der Waals surface area contributed by atoms with E-state index in [1.165, 1.54) is 12.1 Å². The fourth-order valence-corrected chi connectivity index (χ4v) is 2.72. The number of hydrogen-bond acceptors (Lipinski definition) is 2. The van der Waals surface area contributed by atoms with Gasteiger partial charge in [-0.3, -0.25) is 0 Å². The largest absolute Gasteiger partial charge is 0.496 e. The lowest BCUT2D eigenvalue weighted by atomic mass is 9.74. The summed E-state index contributed by atoms with van der Waals surface area (Å²) in [6.07, 6.45) is 3.87. The van der Waals surface area contributed by atoms with Gasteiger partial charge in [0.25, 0.3) is 0 Å². The molecule has 1 aliphatic rings. The topological polar surface area (TPSA) is 35.2 Å². The van der Waals surface area contributed by atoms with Crippen molar-refractivity contribution in [2.75, 3.05) is 7.11 Å². The Labute approximate surface area is 108 Å². The number of rotatable bonds is 2. The molecule has 1 atom stereocenters. The summed E-state index contributed by atoms with van der Waals surface area (Å²) in [4.78, 5) is 0. The van der Waals surface area contributed by atoms with Crippen molar-refractivity contribution in [1.82, 2.24) is 0 Å². The number of nitrogens with two attached hydrogens (primary N) is 1. The van der Waals surface area contributed by atoms with Gasteiger partial charge in [-0.15, -0.1) is 0 Å². The van der Waals surface area contributed by atoms with Crippen LogP contribution in [0.15, 0.2) is 24.3 Å². The van der Waals surface area contributed by atoms with Crippen molar-refractivity contribution in [3.05, 3.63) is 35.7 Å². The van der Waals surface area contributed by atoms with Gasteiger partial charge in [-0.25, -0.2) is 4.39 Å². The zero-order chi connectivity index (χ0) is 13.3. The Bertz CT molecular complexity index is 479. The molecule has 0 amide bonds. The standard InChI is InChI=1S/C15H20FNO/c1-15(2)8-10(6-12(17)9-15)13-7-11(16)4-5-14(13)18-3/h4-7,12H,8-9,17H2,1-3H3. The maximum Gasteiger partial charge on any atom is 0.126 e. The molecule has 18 heavy (non-hydrogen) atoms. The number of benzene rings is 1. The van der Waals surface area contributed by atoms with Gasteiger partial charge in [0.1, 0.15) is 11.6 Å². The van der Waals surface area contributed by atoms with E-state index in [0.717, 1.165) is 24.0 Å². The van der Waals surface area contributed by atoms with Crippen LogP contribution in [0.25, 0.3) is 5.57 Å². The van der Waals surface area contributed by atoms with E-state index in [1.54, 1.807) is 13.2 Å². The Kier molecular flexibility index (Phi) is 3.44. The SMILES string of the molecule is COc1ccc(F)cc1C1=CC(N)CC(C)(C)C1. The van der Waals surface area contributed by atoms with Gasteiger partial charge in [0.2, 0.25) is 0 Å². The smallest absolute Gasteiger partial charge is 0.126 e. The summed E-state index contributed by atoms with van der Waals surface area (Å²) in [5.41, 5.74) is 8.10. The van der Waals surface area contributed by atoms with Crippen LogP contribution in [0.4, 0.5) is 4.39 Å². The zero-order valence-electron chi connectivity index (χ0n) is 11.2. The van der Waals surface area contributed by atoms with Crippen LogP contribution in [-0.2, 0) is 0 Å². The number of halogens is 1. The van der Waals surface area contributed by atoms with E-state index in [0.29, 0.717) is 5.75 Å². The van der Waals surface area contributed by atoms with Crippen LogP contribution in [-0.4, -0.2) is 13.2 Å². The second kappa shape index (κ2) is 4.73. The van der Waals surface area contributed by atoms with Crippen LogP contribution < -0.4 is 10.5 Å². The summed E-state index contributed by atoms with van der Waals surface area (Å²) < 4.78 is 18.7. The van der Waals surface area contributed by atoms with Gasteiger partial charge in [0.05, 0.1) is 7.11 Å². The van der Waals surface area contributed by atoms with E-state index in [1.807, 2.05) is 6.08 Å². The minimum atomic E-state index is -0.247. The summed E-state index contributed by atoms with van der Waals surface area (Å²) >= 11 is 0. The molecular formula is C15H20FNO. The van der Waals surface area contributed by atoms with E-state index in [9.17, 15) is 4.39 Å². The number of hydrogen-bond donors (Lipinski definition) is 1. The number of ether oxygens (including phenoxy) is 1. The quantitative estimate of drug-likeness (QED) is 0.872. The summed E-state index contributed by atoms with van der Waals surface area (Å²) in [7, 11) is 1.60. The van der Waals surface area contributed by atoms with Crippen molar-refractivity contribution in [3.63, 3.8) is 0 Å². The fraction of sp³-hybridized carbons (Fsp3) is 0.467. The van der Waals surface area contributed by atoms with Gasteiger partial charge in [0, 0.05) is 11.6 Å². The molecule has 2 rings (SSSR count). The summed E-state index contributed by atoms with van der Waals surface area (Å²) in [6, 6.07) is 4.63. The van der Waals surface area contributed by atoms with Gasteiger partial charge >= 0.3 is 0 Å². The van der Waals surface area contributed by atoms with Crippen LogP contribution in [0, 0.1) is 11.2 Å². The van der Waals surface area contributed by atoms with Crippen molar-refractivity contribution in [3.8, 4) is 5.75 Å². The second-order valence-corrected chi connectivity index (χ2v) is 5.75. The summed E-state index contributed by atoms with van der Waals surface area (Å²) in [6.45, 7) is 4.37. The zero-order valence-corrected chi connectivity index (χ0v) is 11.2. The van der Waals surface area contributed by atoms with Crippen LogP contribution in [0.2, 0.25) is 0 Å². The van der Waals surface area contributed by atoms with Crippen LogP contribution in [0.3, 0.4) is 0 Å². The normalized spacial score (nSPS) is 22.5. The van der Waals surface area contributed by atoms with Crippen LogP contribution in [0.1, 0.15) is 32.3 Å². The van der Waals surface area contributed by atoms with Crippen molar-refractivity contribution in [2.24, 2.45) is 11.1 Å². The minimum absolute atomic E-state index is 0.0247. The van der Waals surface area contributed by atoms with Gasteiger partial charge in [0.15, 0.2) is 0 Å². The average Bonchev–Trinajstić information content (AvgIpc) is 2.26. The van der Waals surface area contributed by atoms with Crippen molar-refractivity contribution < 1.29 is 9.13 Å². The van der Waals surface area contributed by atoms with E-state index in [4.69, 9.17) is 10.5 Å². The molecule has 1 aromatic rings. The maximum absolute atomic E-state index is 13.4. The van der Waals surface area contributed by atoms with Crippen molar-refractivity contribution in [2.45, 2.75) is 32.7 Å². The summed E-state index contributed by atoms with van der Waals surface area (Å²) in [5, 5.41) is 0. The van der Waals surface area contributed by atoms with Gasteiger partial charge in [-0.1, -0.05) is 19.9 Å². The fourth-order valence-electron chi connectivity index (χ4n) is 2.72. The average molecular weight is 249 g/mol. The maximum atomic E-state index is 13.4. The van der Waals surface area contributed by atoms with E-state index in [-0.39, 0.29) is 17.3 Å². The Morgan fingerprint density at radius 3 is 2.72 bits per heavy atom. The monoisotopic (exact) mass is 249 g/mol. The lowest BCUT2D eigenvalue weighted by molar-refractivity contribution is 0.318. The predicted octanol–water partition coefficient (Wildman–Crippen LogP) is 3.37. The van der Waals surface area contributed by atoms with Gasteiger partial charge < -0.3 is 10.5 Å². The molecule has 0 saturated carbocycles. The third-order valence-corrected chi connectivity index (χ3v) is 3.38. The molecule has 98 valence electrons. The highest BCUT2D eigenvalue weighted by molar-refractivity contribution is 5.72. The highest BCUT2D eigenvalue weighted by Crippen LogP contribution is 2.41. The minimum Gasteiger partial charge on any atom is -0.496 e. The number of methoxy groups -OCH3 is 1. The molecule has 0 spiro atoms. The van der Waals surface area contributed by atoms with Crippen LogP contribution in [0.5, 0.6) is 5.75 Å². The second-order valence-electron chi connectivity index (χ2n) is 5.75. The van der Waals surface area contributed by atoms with E-state index >= 15 is 0 Å². The number of allylic oxidation sites excluding steroid dienone is 1. The molecule has 1 unspecified atom stereocenters. The molecule has 0 radical (unpaired) electrons. The lowest BCUT2D eigenvalue weighted by Gasteiger charge is -2.33. The first-order chi connectivity index (χ1) is 8.41. The Morgan fingerprint density at radius 1 is 1.39 bits per heavy atom. The third kappa shape index (κ3) is 2.72. The van der Waals surface area contributed by atoms with Crippen molar-refractivity contribution >= 4 is 5.57 Å².